The first kappa shape index (κ1) is 15.9. The number of aromatic nitrogens is 4. The second-order valence-electron chi connectivity index (χ2n) is 6.04. The van der Waals surface area contributed by atoms with Gasteiger partial charge in [0.05, 0.1) is 11.7 Å². The fraction of sp³-hybridized carbons (Fsp3) is 0.294. The van der Waals surface area contributed by atoms with Crippen molar-refractivity contribution in [3.05, 3.63) is 52.7 Å². The van der Waals surface area contributed by atoms with Crippen LogP contribution in [0.1, 0.15) is 40.4 Å². The molecule has 6 nitrogen and oxygen atoms in total. The molecule has 1 aromatic carbocycles. The summed E-state index contributed by atoms with van der Waals surface area (Å²) in [5, 5.41) is 8.26. The van der Waals surface area contributed by atoms with Crippen molar-refractivity contribution in [2.75, 3.05) is 6.54 Å². The summed E-state index contributed by atoms with van der Waals surface area (Å²) >= 11 is 1.33. The normalized spacial score (nSPS) is 16.8. The van der Waals surface area contributed by atoms with E-state index in [1.54, 1.807) is 4.90 Å². The Bertz CT molecular complexity index is 933. The largest absolute Gasteiger partial charge is 0.330 e. The van der Waals surface area contributed by atoms with E-state index in [0.29, 0.717) is 18.5 Å². The number of hydrogen-bond donors (Lipinski definition) is 1. The third kappa shape index (κ3) is 2.72. The van der Waals surface area contributed by atoms with Gasteiger partial charge in [0.1, 0.15) is 17.3 Å². The summed E-state index contributed by atoms with van der Waals surface area (Å²) in [5.74, 6) is 0.269. The van der Waals surface area contributed by atoms with E-state index in [0.717, 1.165) is 27.8 Å². The van der Waals surface area contributed by atoms with Gasteiger partial charge in [-0.3, -0.25) is 9.89 Å². The molecular formula is C17H16FN5OS. The number of nitrogens with one attached hydrogen (secondary N) is 1. The van der Waals surface area contributed by atoms with Gasteiger partial charge in [0.15, 0.2) is 5.01 Å². The van der Waals surface area contributed by atoms with Crippen LogP contribution in [0, 0.1) is 12.7 Å². The molecule has 25 heavy (non-hydrogen) atoms. The van der Waals surface area contributed by atoms with Crippen LogP contribution in [0.25, 0.3) is 10.7 Å². The SMILES string of the molecule is Cc1nsc(-c2n[nH]c3c2CCN(C(=O)c2ccc(F)cc2)[C@@H]3C)n1. The minimum atomic E-state index is -0.351. The highest BCUT2D eigenvalue weighted by atomic mass is 32.1. The fourth-order valence-corrected chi connectivity index (χ4v) is 3.85. The number of aromatic amines is 1. The number of H-pyrrole nitrogens is 1. The van der Waals surface area contributed by atoms with Gasteiger partial charge in [-0.2, -0.15) is 9.47 Å². The van der Waals surface area contributed by atoms with Crippen molar-refractivity contribution in [1.29, 1.82) is 0 Å². The van der Waals surface area contributed by atoms with Gasteiger partial charge >= 0.3 is 0 Å². The van der Waals surface area contributed by atoms with Crippen molar-refractivity contribution in [1.82, 2.24) is 24.5 Å². The highest BCUT2D eigenvalue weighted by Gasteiger charge is 2.32. The Labute approximate surface area is 147 Å². The second-order valence-corrected chi connectivity index (χ2v) is 6.79. The van der Waals surface area contributed by atoms with Crippen molar-refractivity contribution in [3.63, 3.8) is 0 Å². The molecule has 0 fully saturated rings. The first-order valence-corrected chi connectivity index (χ1v) is 8.76. The molecule has 0 saturated carbocycles. The first-order valence-electron chi connectivity index (χ1n) is 7.99. The lowest BCUT2D eigenvalue weighted by molar-refractivity contribution is 0.0674. The molecule has 128 valence electrons. The van der Waals surface area contributed by atoms with Crippen molar-refractivity contribution >= 4 is 17.4 Å². The molecule has 8 heteroatoms. The van der Waals surface area contributed by atoms with Crippen molar-refractivity contribution in [3.8, 4) is 10.7 Å². The zero-order chi connectivity index (χ0) is 17.6. The minimum absolute atomic E-state index is 0.110. The number of carbonyl (C=O) groups is 1. The smallest absolute Gasteiger partial charge is 0.254 e. The van der Waals surface area contributed by atoms with Gasteiger partial charge in [-0.05, 0) is 56.1 Å². The predicted octanol–water partition coefficient (Wildman–Crippen LogP) is 3.14. The van der Waals surface area contributed by atoms with Gasteiger partial charge in [-0.15, -0.1) is 0 Å². The molecule has 0 bridgehead atoms. The van der Waals surface area contributed by atoms with Gasteiger partial charge in [0, 0.05) is 17.7 Å². The van der Waals surface area contributed by atoms with E-state index in [4.69, 9.17) is 0 Å². The lowest BCUT2D eigenvalue weighted by atomic mass is 9.97. The van der Waals surface area contributed by atoms with Crippen LogP contribution in [0.15, 0.2) is 24.3 Å². The molecular weight excluding hydrogens is 341 g/mol. The fourth-order valence-electron chi connectivity index (χ4n) is 3.16. The third-order valence-corrected chi connectivity index (χ3v) is 5.28. The minimum Gasteiger partial charge on any atom is -0.330 e. The quantitative estimate of drug-likeness (QED) is 0.765. The van der Waals surface area contributed by atoms with Crippen molar-refractivity contribution < 1.29 is 9.18 Å². The molecule has 2 aromatic heterocycles. The molecule has 4 rings (SSSR count). The molecule has 0 spiro atoms. The van der Waals surface area contributed by atoms with Gasteiger partial charge in [0.2, 0.25) is 0 Å². The number of halogens is 1. The average molecular weight is 357 g/mol. The molecule has 1 atom stereocenters. The monoisotopic (exact) mass is 357 g/mol. The van der Waals surface area contributed by atoms with Gasteiger partial charge in [0.25, 0.3) is 5.91 Å². The summed E-state index contributed by atoms with van der Waals surface area (Å²) in [5.41, 5.74) is 3.31. The molecule has 1 N–H and O–H groups in total. The zero-order valence-electron chi connectivity index (χ0n) is 13.8. The Morgan fingerprint density at radius 3 is 2.80 bits per heavy atom. The van der Waals surface area contributed by atoms with E-state index in [-0.39, 0.29) is 17.8 Å². The van der Waals surface area contributed by atoms with Crippen LogP contribution in [-0.4, -0.2) is 36.9 Å². The zero-order valence-corrected chi connectivity index (χ0v) is 14.6. The second kappa shape index (κ2) is 6.03. The topological polar surface area (TPSA) is 74.8 Å². The molecule has 3 heterocycles. The van der Waals surface area contributed by atoms with Crippen LogP contribution in [0.3, 0.4) is 0 Å². The summed E-state index contributed by atoms with van der Waals surface area (Å²) in [7, 11) is 0. The van der Waals surface area contributed by atoms with Gasteiger partial charge in [-0.1, -0.05) is 0 Å². The summed E-state index contributed by atoms with van der Waals surface area (Å²) < 4.78 is 17.3. The molecule has 3 aromatic rings. The van der Waals surface area contributed by atoms with Gasteiger partial charge < -0.3 is 4.90 Å². The summed E-state index contributed by atoms with van der Waals surface area (Å²) in [6, 6.07) is 5.50. The van der Waals surface area contributed by atoms with E-state index in [1.165, 1.54) is 35.8 Å². The summed E-state index contributed by atoms with van der Waals surface area (Å²) in [6.45, 7) is 4.40. The number of carbonyl (C=O) groups excluding carboxylic acids is 1. The summed E-state index contributed by atoms with van der Waals surface area (Å²) in [4.78, 5) is 18.9. The molecule has 0 saturated heterocycles. The Kier molecular flexibility index (Phi) is 3.84. The molecule has 0 radical (unpaired) electrons. The Morgan fingerprint density at radius 1 is 1.36 bits per heavy atom. The van der Waals surface area contributed by atoms with Crippen LogP contribution in [-0.2, 0) is 6.42 Å². The maximum Gasteiger partial charge on any atom is 0.254 e. The van der Waals surface area contributed by atoms with Crippen LogP contribution >= 0.6 is 11.5 Å². The van der Waals surface area contributed by atoms with E-state index in [9.17, 15) is 9.18 Å². The maximum absolute atomic E-state index is 13.1. The average Bonchev–Trinajstić information content (AvgIpc) is 3.21. The third-order valence-electron chi connectivity index (χ3n) is 4.47. The van der Waals surface area contributed by atoms with Crippen molar-refractivity contribution in [2.24, 2.45) is 0 Å². The van der Waals surface area contributed by atoms with Crippen LogP contribution in [0.4, 0.5) is 4.39 Å². The number of amides is 1. The lowest BCUT2D eigenvalue weighted by Gasteiger charge is -2.33. The van der Waals surface area contributed by atoms with E-state index >= 15 is 0 Å². The molecule has 0 unspecified atom stereocenters. The predicted molar refractivity (Wildman–Crippen MR) is 91.8 cm³/mol. The number of aryl methyl sites for hydroxylation is 1. The highest BCUT2D eigenvalue weighted by Crippen LogP contribution is 2.35. The molecule has 1 aliphatic rings. The number of fused-ring (bicyclic) bond motifs is 1. The van der Waals surface area contributed by atoms with E-state index in [2.05, 4.69) is 19.6 Å². The van der Waals surface area contributed by atoms with Crippen molar-refractivity contribution in [2.45, 2.75) is 26.3 Å². The molecule has 1 amide bonds. The summed E-state index contributed by atoms with van der Waals surface area (Å²) in [6.07, 6.45) is 0.692. The molecule has 0 aliphatic carbocycles. The number of rotatable bonds is 2. The Morgan fingerprint density at radius 2 is 2.12 bits per heavy atom. The highest BCUT2D eigenvalue weighted by molar-refractivity contribution is 7.09. The van der Waals surface area contributed by atoms with E-state index in [1.807, 2.05) is 13.8 Å². The first-order chi connectivity index (χ1) is 12.0. The molecule has 1 aliphatic heterocycles. The van der Waals surface area contributed by atoms with Crippen LogP contribution < -0.4 is 0 Å². The van der Waals surface area contributed by atoms with Gasteiger partial charge in [-0.25, -0.2) is 9.37 Å². The van der Waals surface area contributed by atoms with Crippen LogP contribution in [0.5, 0.6) is 0 Å². The standard InChI is InChI=1S/C17H16FN5OS/c1-9-14-13(15(21-20-14)16-19-10(2)22-25-16)7-8-23(9)17(24)11-3-5-12(18)6-4-11/h3-6,9H,7-8H2,1-2H3,(H,20,21)/t9-/m1/s1. The number of benzene rings is 1. The van der Waals surface area contributed by atoms with E-state index < -0.39 is 0 Å². The Hall–Kier alpha value is -2.61. The maximum atomic E-state index is 13.1. The number of nitrogens with zero attached hydrogens (tertiary/aromatic N) is 4. The Balaban J connectivity index is 1.63. The van der Waals surface area contributed by atoms with Crippen LogP contribution in [0.2, 0.25) is 0 Å². The number of hydrogen-bond acceptors (Lipinski definition) is 5. The lowest BCUT2D eigenvalue weighted by Crippen LogP contribution is -2.38.